The van der Waals surface area contributed by atoms with E-state index >= 15 is 0 Å². The van der Waals surface area contributed by atoms with Gasteiger partial charge in [-0.25, -0.2) is 0 Å². The second-order valence-corrected chi connectivity index (χ2v) is 8.96. The fourth-order valence-electron chi connectivity index (χ4n) is 3.06. The average Bonchev–Trinajstić information content (AvgIpc) is 3.14. The molecule has 1 atom stereocenters. The normalized spacial score (nSPS) is 12.2. The first-order valence-corrected chi connectivity index (χ1v) is 11.5. The number of amides is 1. The van der Waals surface area contributed by atoms with E-state index in [1.807, 2.05) is 45.0 Å². The van der Waals surface area contributed by atoms with Crippen LogP contribution in [-0.4, -0.2) is 20.7 Å². The third kappa shape index (κ3) is 5.36. The Balaban J connectivity index is 1.80. The Morgan fingerprint density at radius 3 is 2.43 bits per heavy atom. The van der Waals surface area contributed by atoms with Gasteiger partial charge >= 0.3 is 0 Å². The quantitative estimate of drug-likeness (QED) is 0.415. The van der Waals surface area contributed by atoms with Crippen molar-refractivity contribution in [3.63, 3.8) is 0 Å². The molecule has 1 N–H and O–H groups in total. The number of halogens is 2. The zero-order chi connectivity index (χ0) is 21.7. The molecule has 0 saturated heterocycles. The van der Waals surface area contributed by atoms with E-state index in [2.05, 4.69) is 20.1 Å². The molecular formula is C22H24Cl2N4OS. The SMILES string of the molecule is CCn1c(SCc2ccc(Cl)cc2)nnc1C(NC(=O)c1ccccc1Cl)C(C)C. The molecule has 0 saturated carbocycles. The number of thioether (sulfide) groups is 1. The molecule has 0 aliphatic rings. The van der Waals surface area contributed by atoms with Crippen LogP contribution in [0.2, 0.25) is 10.0 Å². The molecule has 0 spiro atoms. The van der Waals surface area contributed by atoms with E-state index in [0.717, 1.165) is 27.3 Å². The molecule has 0 fully saturated rings. The maximum absolute atomic E-state index is 12.8. The van der Waals surface area contributed by atoms with E-state index in [1.165, 1.54) is 0 Å². The van der Waals surface area contributed by atoms with Crippen LogP contribution in [0, 0.1) is 5.92 Å². The number of carbonyl (C=O) groups is 1. The van der Waals surface area contributed by atoms with Crippen LogP contribution in [0.5, 0.6) is 0 Å². The lowest BCUT2D eigenvalue weighted by Gasteiger charge is -2.22. The molecule has 0 aliphatic carbocycles. The minimum atomic E-state index is -0.286. The minimum absolute atomic E-state index is 0.125. The van der Waals surface area contributed by atoms with Gasteiger partial charge in [-0.3, -0.25) is 4.79 Å². The van der Waals surface area contributed by atoms with Crippen LogP contribution in [0.1, 0.15) is 48.6 Å². The summed E-state index contributed by atoms with van der Waals surface area (Å²) < 4.78 is 2.05. The van der Waals surface area contributed by atoms with Crippen LogP contribution in [0.3, 0.4) is 0 Å². The summed E-state index contributed by atoms with van der Waals surface area (Å²) in [5, 5.41) is 13.9. The predicted octanol–water partition coefficient (Wildman–Crippen LogP) is 6.02. The molecule has 8 heteroatoms. The van der Waals surface area contributed by atoms with E-state index in [1.54, 1.807) is 36.0 Å². The van der Waals surface area contributed by atoms with Gasteiger partial charge in [-0.2, -0.15) is 0 Å². The van der Waals surface area contributed by atoms with Crippen molar-refractivity contribution in [2.24, 2.45) is 5.92 Å². The molecule has 1 heterocycles. The summed E-state index contributed by atoms with van der Waals surface area (Å²) in [5.41, 5.74) is 1.61. The van der Waals surface area contributed by atoms with Crippen molar-refractivity contribution in [3.8, 4) is 0 Å². The molecule has 2 aromatic carbocycles. The lowest BCUT2D eigenvalue weighted by molar-refractivity contribution is 0.0922. The van der Waals surface area contributed by atoms with Gasteiger partial charge < -0.3 is 9.88 Å². The summed E-state index contributed by atoms with van der Waals surface area (Å²) in [6.45, 7) is 6.85. The first-order chi connectivity index (χ1) is 14.4. The van der Waals surface area contributed by atoms with E-state index in [-0.39, 0.29) is 17.9 Å². The summed E-state index contributed by atoms with van der Waals surface area (Å²) in [6, 6.07) is 14.5. The Labute approximate surface area is 191 Å². The molecular weight excluding hydrogens is 439 g/mol. The van der Waals surface area contributed by atoms with Crippen LogP contribution in [0.25, 0.3) is 0 Å². The van der Waals surface area contributed by atoms with Crippen LogP contribution < -0.4 is 5.32 Å². The molecule has 30 heavy (non-hydrogen) atoms. The third-order valence-corrected chi connectivity index (χ3v) is 6.31. The fraction of sp³-hybridized carbons (Fsp3) is 0.318. The second-order valence-electron chi connectivity index (χ2n) is 7.18. The zero-order valence-corrected chi connectivity index (χ0v) is 19.4. The highest BCUT2D eigenvalue weighted by atomic mass is 35.5. The van der Waals surface area contributed by atoms with Gasteiger partial charge in [0.05, 0.1) is 16.6 Å². The third-order valence-electron chi connectivity index (χ3n) is 4.69. The summed E-state index contributed by atoms with van der Waals surface area (Å²) in [4.78, 5) is 12.8. The van der Waals surface area contributed by atoms with Crippen molar-refractivity contribution >= 4 is 40.9 Å². The summed E-state index contributed by atoms with van der Waals surface area (Å²) in [6.07, 6.45) is 0. The first-order valence-electron chi connectivity index (χ1n) is 9.76. The van der Waals surface area contributed by atoms with Crippen LogP contribution in [0.4, 0.5) is 0 Å². The number of aromatic nitrogens is 3. The van der Waals surface area contributed by atoms with Crippen molar-refractivity contribution in [1.29, 1.82) is 0 Å². The van der Waals surface area contributed by atoms with E-state index in [9.17, 15) is 4.79 Å². The number of hydrogen-bond donors (Lipinski definition) is 1. The van der Waals surface area contributed by atoms with Gasteiger partial charge in [0.15, 0.2) is 11.0 Å². The summed E-state index contributed by atoms with van der Waals surface area (Å²) in [7, 11) is 0. The van der Waals surface area contributed by atoms with Gasteiger partial charge in [-0.1, -0.05) is 73.1 Å². The Morgan fingerprint density at radius 1 is 1.10 bits per heavy atom. The highest BCUT2D eigenvalue weighted by molar-refractivity contribution is 7.98. The molecule has 0 bridgehead atoms. The number of hydrogen-bond acceptors (Lipinski definition) is 4. The highest BCUT2D eigenvalue weighted by Gasteiger charge is 2.26. The number of nitrogens with one attached hydrogen (secondary N) is 1. The van der Waals surface area contributed by atoms with Gasteiger partial charge in [0.2, 0.25) is 0 Å². The fourth-order valence-corrected chi connectivity index (χ4v) is 4.37. The first kappa shape index (κ1) is 22.7. The van der Waals surface area contributed by atoms with Crippen molar-refractivity contribution in [2.75, 3.05) is 0 Å². The van der Waals surface area contributed by atoms with Gasteiger partial charge in [-0.05, 0) is 42.7 Å². The lowest BCUT2D eigenvalue weighted by Crippen LogP contribution is -2.34. The summed E-state index contributed by atoms with van der Waals surface area (Å²) in [5.74, 6) is 1.40. The van der Waals surface area contributed by atoms with Crippen molar-refractivity contribution in [3.05, 3.63) is 75.5 Å². The maximum Gasteiger partial charge on any atom is 0.253 e. The molecule has 3 rings (SSSR count). The zero-order valence-electron chi connectivity index (χ0n) is 17.1. The Kier molecular flexibility index (Phi) is 7.81. The van der Waals surface area contributed by atoms with Crippen molar-refractivity contribution in [1.82, 2.24) is 20.1 Å². The van der Waals surface area contributed by atoms with Gasteiger partial charge in [0.1, 0.15) is 0 Å². The maximum atomic E-state index is 12.8. The molecule has 0 radical (unpaired) electrons. The van der Waals surface area contributed by atoms with Crippen molar-refractivity contribution in [2.45, 2.75) is 44.3 Å². The topological polar surface area (TPSA) is 59.8 Å². The van der Waals surface area contributed by atoms with Crippen LogP contribution in [0.15, 0.2) is 53.7 Å². The molecule has 158 valence electrons. The van der Waals surface area contributed by atoms with E-state index in [0.29, 0.717) is 17.1 Å². The monoisotopic (exact) mass is 462 g/mol. The Morgan fingerprint density at radius 2 is 1.80 bits per heavy atom. The highest BCUT2D eigenvalue weighted by Crippen LogP contribution is 2.28. The standard InChI is InChI=1S/C22H24Cl2N4OS/c1-4-28-20(26-27-22(28)30-13-15-9-11-16(23)12-10-15)19(14(2)3)25-21(29)17-7-5-6-8-18(17)24/h5-12,14,19H,4,13H2,1-3H3,(H,25,29). The molecule has 3 aromatic rings. The lowest BCUT2D eigenvalue weighted by atomic mass is 10.0. The largest absolute Gasteiger partial charge is 0.342 e. The smallest absolute Gasteiger partial charge is 0.253 e. The summed E-state index contributed by atoms with van der Waals surface area (Å²) >= 11 is 13.8. The van der Waals surface area contributed by atoms with Gasteiger partial charge in [0.25, 0.3) is 5.91 Å². The molecule has 1 unspecified atom stereocenters. The van der Waals surface area contributed by atoms with E-state index < -0.39 is 0 Å². The number of carbonyl (C=O) groups excluding carboxylic acids is 1. The van der Waals surface area contributed by atoms with Crippen LogP contribution in [-0.2, 0) is 12.3 Å². The molecule has 5 nitrogen and oxygen atoms in total. The number of rotatable bonds is 8. The minimum Gasteiger partial charge on any atom is -0.342 e. The van der Waals surface area contributed by atoms with Crippen molar-refractivity contribution < 1.29 is 4.79 Å². The predicted molar refractivity (Wildman–Crippen MR) is 123 cm³/mol. The second kappa shape index (κ2) is 10.3. The average molecular weight is 463 g/mol. The van der Waals surface area contributed by atoms with Gasteiger partial charge in [-0.15, -0.1) is 10.2 Å². The molecule has 1 aromatic heterocycles. The van der Waals surface area contributed by atoms with E-state index in [4.69, 9.17) is 23.2 Å². The van der Waals surface area contributed by atoms with Gasteiger partial charge in [0, 0.05) is 17.3 Å². The number of benzene rings is 2. The molecule has 0 aliphatic heterocycles. The Bertz CT molecular complexity index is 1000. The molecule has 1 amide bonds. The number of nitrogens with zero attached hydrogens (tertiary/aromatic N) is 3. The Hall–Kier alpha value is -2.02. The van der Waals surface area contributed by atoms with Crippen LogP contribution >= 0.6 is 35.0 Å².